The number of aromatic nitrogens is 3. The molecule has 3 amide bonds. The van der Waals surface area contributed by atoms with Gasteiger partial charge >= 0.3 is 12.2 Å². The molecule has 0 unspecified atom stereocenters. The fourth-order valence-electron chi connectivity index (χ4n) is 6.31. The van der Waals surface area contributed by atoms with Crippen LogP contribution in [0.5, 0.6) is 11.5 Å². The van der Waals surface area contributed by atoms with Gasteiger partial charge in [0, 0.05) is 64.3 Å². The maximum absolute atomic E-state index is 14.7. The second-order valence-corrected chi connectivity index (χ2v) is 12.4. The number of rotatable bonds is 8. The maximum atomic E-state index is 14.7. The van der Waals surface area contributed by atoms with Crippen molar-refractivity contribution in [1.29, 1.82) is 0 Å². The normalized spacial score (nSPS) is 16.9. The number of urea groups is 1. The van der Waals surface area contributed by atoms with Crippen LogP contribution in [0.25, 0.3) is 0 Å². The van der Waals surface area contributed by atoms with E-state index in [1.54, 1.807) is 24.1 Å². The fourth-order valence-corrected chi connectivity index (χ4v) is 6.31. The highest BCUT2D eigenvalue weighted by Gasteiger charge is 2.35. The minimum atomic E-state index is -4.59. The van der Waals surface area contributed by atoms with Gasteiger partial charge in [-0.2, -0.15) is 18.3 Å². The number of halogens is 4. The van der Waals surface area contributed by atoms with Crippen molar-refractivity contribution in [2.75, 3.05) is 49.9 Å². The van der Waals surface area contributed by atoms with Crippen LogP contribution in [0.1, 0.15) is 52.5 Å². The number of nitrogens with one attached hydrogen (secondary N) is 2. The molecule has 6 rings (SSSR count). The molecule has 1 fully saturated rings. The van der Waals surface area contributed by atoms with E-state index in [1.807, 2.05) is 17.9 Å². The summed E-state index contributed by atoms with van der Waals surface area (Å²) in [4.78, 5) is 35.7. The number of piperazine rings is 1. The van der Waals surface area contributed by atoms with Gasteiger partial charge in [-0.25, -0.2) is 14.2 Å². The number of amides is 3. The third kappa shape index (κ3) is 7.89. The number of pyridine rings is 1. The number of likely N-dealkylation sites (N-methyl/N-ethyl adjacent to an activating group) is 1. The second kappa shape index (κ2) is 14.5. The predicted octanol–water partition coefficient (Wildman–Crippen LogP) is 6.31. The SMILES string of the molecule is CCN1CCN(Cc2ccc(NC(=O)N3CCc4ccc(Oc5cc(NC(=O)c6cnn(C)c6)ncc5F)cc4[C@@H]3C)cc2C(F)(F)F)CC1. The zero-order chi connectivity index (χ0) is 35.6. The number of hydrogen-bond donors (Lipinski definition) is 2. The lowest BCUT2D eigenvalue weighted by Crippen LogP contribution is -2.45. The van der Waals surface area contributed by atoms with Crippen LogP contribution in [0.3, 0.4) is 0 Å². The third-order valence-corrected chi connectivity index (χ3v) is 9.15. The molecule has 1 saturated heterocycles. The standard InChI is InChI=1S/C35H38F4N8O3/c1-4-45-11-13-46(14-12-45)21-24-5-7-26(15-29(24)35(37,38)39)42-34(49)47-10-9-23-6-8-27(16-28(23)22(47)2)50-31-17-32(40-19-30(31)36)43-33(48)25-18-41-44(3)20-25/h5-8,15-20,22H,4,9-14,21H2,1-3H3,(H,42,49)(H,40,43,48)/t22-/m0/s1. The number of hydrogen-bond acceptors (Lipinski definition) is 7. The van der Waals surface area contributed by atoms with Gasteiger partial charge in [-0.15, -0.1) is 0 Å². The summed E-state index contributed by atoms with van der Waals surface area (Å²) >= 11 is 0. The smallest absolute Gasteiger partial charge is 0.416 e. The largest absolute Gasteiger partial charge is 0.454 e. The number of benzene rings is 2. The van der Waals surface area contributed by atoms with Gasteiger partial charge in [0.1, 0.15) is 11.6 Å². The predicted molar refractivity (Wildman–Crippen MR) is 179 cm³/mol. The van der Waals surface area contributed by atoms with Gasteiger partial charge in [0.2, 0.25) is 0 Å². The molecular formula is C35H38F4N8O3. The average Bonchev–Trinajstić information content (AvgIpc) is 3.53. The lowest BCUT2D eigenvalue weighted by molar-refractivity contribution is -0.138. The van der Waals surface area contributed by atoms with Crippen LogP contribution in [-0.2, 0) is 26.2 Å². The van der Waals surface area contributed by atoms with Gasteiger partial charge in [0.25, 0.3) is 5.91 Å². The van der Waals surface area contributed by atoms with Crippen LogP contribution in [0.15, 0.2) is 61.1 Å². The molecule has 0 radical (unpaired) electrons. The molecule has 0 saturated carbocycles. The number of carbonyl (C=O) groups excluding carboxylic acids is 2. The van der Waals surface area contributed by atoms with Crippen molar-refractivity contribution in [1.82, 2.24) is 29.5 Å². The highest BCUT2D eigenvalue weighted by Crippen LogP contribution is 2.37. The summed E-state index contributed by atoms with van der Waals surface area (Å²) in [5, 5.41) is 9.22. The Balaban J connectivity index is 1.13. The Morgan fingerprint density at radius 3 is 2.44 bits per heavy atom. The van der Waals surface area contributed by atoms with Crippen molar-refractivity contribution in [3.8, 4) is 11.5 Å². The monoisotopic (exact) mass is 694 g/mol. The van der Waals surface area contributed by atoms with Crippen LogP contribution in [0.2, 0.25) is 0 Å². The number of aryl methyl sites for hydroxylation is 1. The molecule has 0 aliphatic carbocycles. The molecule has 1 atom stereocenters. The highest BCUT2D eigenvalue weighted by molar-refractivity contribution is 6.03. The van der Waals surface area contributed by atoms with Gasteiger partial charge in [-0.1, -0.05) is 19.1 Å². The number of carbonyl (C=O) groups is 2. The van der Waals surface area contributed by atoms with Gasteiger partial charge in [-0.3, -0.25) is 14.4 Å². The lowest BCUT2D eigenvalue weighted by Gasteiger charge is -2.35. The number of alkyl halides is 3. The topological polar surface area (TPSA) is 108 Å². The van der Waals surface area contributed by atoms with Crippen LogP contribution in [0.4, 0.5) is 33.9 Å². The molecule has 15 heteroatoms. The quantitative estimate of drug-likeness (QED) is 0.208. The summed E-state index contributed by atoms with van der Waals surface area (Å²) in [6.07, 6.45) is -0.234. The zero-order valence-corrected chi connectivity index (χ0v) is 27.9. The molecule has 50 heavy (non-hydrogen) atoms. The van der Waals surface area contributed by atoms with Crippen LogP contribution in [0, 0.1) is 5.82 Å². The average molecular weight is 695 g/mol. The van der Waals surface area contributed by atoms with Crippen LogP contribution < -0.4 is 15.4 Å². The van der Waals surface area contributed by atoms with Crippen molar-refractivity contribution in [3.63, 3.8) is 0 Å². The van der Waals surface area contributed by atoms with Gasteiger partial charge in [0.05, 0.1) is 29.6 Å². The van der Waals surface area contributed by atoms with Crippen LogP contribution in [-0.4, -0.2) is 80.7 Å². The Bertz CT molecular complexity index is 1870. The molecule has 2 aromatic carbocycles. The van der Waals surface area contributed by atoms with E-state index in [0.29, 0.717) is 31.6 Å². The first-order valence-electron chi connectivity index (χ1n) is 16.4. The maximum Gasteiger partial charge on any atom is 0.416 e. The van der Waals surface area contributed by atoms with E-state index in [2.05, 4.69) is 32.5 Å². The first kappa shape index (κ1) is 34.8. The van der Waals surface area contributed by atoms with E-state index in [1.165, 1.54) is 35.3 Å². The molecule has 2 aliphatic rings. The molecule has 264 valence electrons. The summed E-state index contributed by atoms with van der Waals surface area (Å²) in [5.41, 5.74) is 1.45. The van der Waals surface area contributed by atoms with Crippen molar-refractivity contribution < 1.29 is 31.9 Å². The van der Waals surface area contributed by atoms with Gasteiger partial charge in [-0.05, 0) is 60.8 Å². The first-order chi connectivity index (χ1) is 23.9. The molecule has 2 aromatic heterocycles. The van der Waals surface area contributed by atoms with Crippen molar-refractivity contribution >= 4 is 23.4 Å². The Morgan fingerprint density at radius 1 is 0.980 bits per heavy atom. The molecule has 4 aromatic rings. The Labute approximate surface area is 286 Å². The van der Waals surface area contributed by atoms with Crippen molar-refractivity contribution in [2.45, 2.75) is 39.0 Å². The van der Waals surface area contributed by atoms with E-state index in [9.17, 15) is 27.2 Å². The van der Waals surface area contributed by atoms with Crippen molar-refractivity contribution in [2.24, 2.45) is 7.05 Å². The highest BCUT2D eigenvalue weighted by atomic mass is 19.4. The van der Waals surface area contributed by atoms with Gasteiger partial charge in [0.15, 0.2) is 11.6 Å². The third-order valence-electron chi connectivity index (χ3n) is 9.15. The number of anilines is 2. The Hall–Kier alpha value is -5.02. The number of ether oxygens (including phenoxy) is 1. The number of fused-ring (bicyclic) bond motifs is 1. The molecule has 0 bridgehead atoms. The van der Waals surface area contributed by atoms with E-state index < -0.39 is 35.5 Å². The summed E-state index contributed by atoms with van der Waals surface area (Å²) in [6, 6.07) is 9.41. The second-order valence-electron chi connectivity index (χ2n) is 12.4. The van der Waals surface area contributed by atoms with Crippen molar-refractivity contribution in [3.05, 3.63) is 94.7 Å². The zero-order valence-electron chi connectivity index (χ0n) is 27.9. The minimum absolute atomic E-state index is 0.0524. The summed E-state index contributed by atoms with van der Waals surface area (Å²) in [6.45, 7) is 8.30. The van der Waals surface area contributed by atoms with E-state index in [-0.39, 0.29) is 35.1 Å². The molecule has 2 N–H and O–H groups in total. The lowest BCUT2D eigenvalue weighted by atomic mass is 9.93. The van der Waals surface area contributed by atoms with Crippen LogP contribution >= 0.6 is 0 Å². The minimum Gasteiger partial charge on any atom is -0.454 e. The Kier molecular flexibility index (Phi) is 10.1. The number of nitrogens with zero attached hydrogens (tertiary/aromatic N) is 6. The van der Waals surface area contributed by atoms with E-state index in [4.69, 9.17) is 4.74 Å². The van der Waals surface area contributed by atoms with Gasteiger partial charge < -0.3 is 25.2 Å². The summed E-state index contributed by atoms with van der Waals surface area (Å²) in [5.74, 6) is -1.04. The molecule has 11 nitrogen and oxygen atoms in total. The Morgan fingerprint density at radius 2 is 1.74 bits per heavy atom. The summed E-state index contributed by atoms with van der Waals surface area (Å²) < 4.78 is 64.6. The molecule has 2 aliphatic heterocycles. The molecular weight excluding hydrogens is 656 g/mol. The fraction of sp³-hybridized carbons (Fsp3) is 0.371. The van der Waals surface area contributed by atoms with E-state index in [0.717, 1.165) is 43.0 Å². The van der Waals surface area contributed by atoms with E-state index >= 15 is 0 Å². The first-order valence-corrected chi connectivity index (χ1v) is 16.4. The summed E-state index contributed by atoms with van der Waals surface area (Å²) in [7, 11) is 1.67. The molecule has 0 spiro atoms. The molecule has 4 heterocycles.